The van der Waals surface area contributed by atoms with E-state index in [9.17, 15) is 0 Å². The molecule has 0 amide bonds. The predicted octanol–water partition coefficient (Wildman–Crippen LogP) is 1.79. The van der Waals surface area contributed by atoms with Crippen LogP contribution in [0.15, 0.2) is 17.3 Å². The highest BCUT2D eigenvalue weighted by atomic mass is 32.2. The Bertz CT molecular complexity index is 315. The second-order valence-electron chi connectivity index (χ2n) is 3.41. The van der Waals surface area contributed by atoms with Crippen LogP contribution in [-0.2, 0) is 4.74 Å². The minimum Gasteiger partial charge on any atom is -0.377 e. The molecule has 1 saturated heterocycles. The van der Waals surface area contributed by atoms with Crippen molar-refractivity contribution in [1.29, 1.82) is 0 Å². The first kappa shape index (κ1) is 10.7. The highest BCUT2D eigenvalue weighted by Crippen LogP contribution is 2.22. The van der Waals surface area contributed by atoms with Gasteiger partial charge in [-0.25, -0.2) is 9.97 Å². The van der Waals surface area contributed by atoms with Crippen LogP contribution in [0.4, 0.5) is 5.95 Å². The normalized spacial score (nSPS) is 20.5. The van der Waals surface area contributed by atoms with Crippen LogP contribution in [-0.4, -0.2) is 35.5 Å². The molecule has 0 bridgehead atoms. The summed E-state index contributed by atoms with van der Waals surface area (Å²) in [5, 5.41) is 3.93. The molecule has 5 heteroatoms. The van der Waals surface area contributed by atoms with Crippen LogP contribution in [0, 0.1) is 0 Å². The van der Waals surface area contributed by atoms with Gasteiger partial charge in [0.25, 0.3) is 0 Å². The summed E-state index contributed by atoms with van der Waals surface area (Å²) < 4.78 is 5.55. The number of rotatable bonds is 4. The molecular formula is C10H15N3OS. The molecule has 1 aliphatic rings. The maximum atomic E-state index is 5.55. The van der Waals surface area contributed by atoms with Crippen molar-refractivity contribution in [2.75, 3.05) is 24.7 Å². The summed E-state index contributed by atoms with van der Waals surface area (Å²) in [7, 11) is 1.82. The Morgan fingerprint density at radius 1 is 1.67 bits per heavy atom. The first-order valence-corrected chi connectivity index (χ1v) is 6.12. The van der Waals surface area contributed by atoms with Crippen molar-refractivity contribution < 1.29 is 4.74 Å². The van der Waals surface area contributed by atoms with E-state index >= 15 is 0 Å². The lowest BCUT2D eigenvalue weighted by Gasteiger charge is -2.08. The van der Waals surface area contributed by atoms with Crippen molar-refractivity contribution in [3.05, 3.63) is 12.3 Å². The Balaban J connectivity index is 1.86. The summed E-state index contributed by atoms with van der Waals surface area (Å²) in [6.45, 7) is 0.913. The highest BCUT2D eigenvalue weighted by Gasteiger charge is 2.15. The number of hydrogen-bond acceptors (Lipinski definition) is 5. The number of thioether (sulfide) groups is 1. The molecule has 1 aliphatic heterocycles. The van der Waals surface area contributed by atoms with E-state index in [-0.39, 0.29) is 0 Å². The number of nitrogens with zero attached hydrogens (tertiary/aromatic N) is 2. The molecule has 2 heterocycles. The minimum absolute atomic E-state index is 0.406. The van der Waals surface area contributed by atoms with Crippen LogP contribution in [0.1, 0.15) is 12.8 Å². The average molecular weight is 225 g/mol. The first-order chi connectivity index (χ1) is 7.38. The van der Waals surface area contributed by atoms with E-state index in [4.69, 9.17) is 4.74 Å². The number of hydrogen-bond donors (Lipinski definition) is 1. The van der Waals surface area contributed by atoms with Crippen LogP contribution in [0.25, 0.3) is 0 Å². The smallest absolute Gasteiger partial charge is 0.223 e. The lowest BCUT2D eigenvalue weighted by molar-refractivity contribution is 0.129. The molecule has 4 nitrogen and oxygen atoms in total. The van der Waals surface area contributed by atoms with Gasteiger partial charge in [-0.1, -0.05) is 0 Å². The fourth-order valence-corrected chi connectivity index (χ4v) is 2.42. The molecule has 1 fully saturated rings. The van der Waals surface area contributed by atoms with E-state index in [1.165, 1.54) is 12.8 Å². The zero-order valence-electron chi connectivity index (χ0n) is 8.77. The highest BCUT2D eigenvalue weighted by molar-refractivity contribution is 7.99. The largest absolute Gasteiger partial charge is 0.377 e. The molecular weight excluding hydrogens is 210 g/mol. The Labute approximate surface area is 93.8 Å². The molecule has 0 spiro atoms. The monoisotopic (exact) mass is 225 g/mol. The summed E-state index contributed by atoms with van der Waals surface area (Å²) in [5.41, 5.74) is 0. The summed E-state index contributed by atoms with van der Waals surface area (Å²) in [6.07, 6.45) is 4.55. The summed E-state index contributed by atoms with van der Waals surface area (Å²) in [4.78, 5) is 8.41. The van der Waals surface area contributed by atoms with Gasteiger partial charge in [0, 0.05) is 25.6 Å². The van der Waals surface area contributed by atoms with Gasteiger partial charge in [0.15, 0.2) is 0 Å². The van der Waals surface area contributed by atoms with Crippen LogP contribution < -0.4 is 5.32 Å². The Hall–Kier alpha value is -0.810. The molecule has 0 saturated carbocycles. The topological polar surface area (TPSA) is 47.0 Å². The van der Waals surface area contributed by atoms with Crippen molar-refractivity contribution in [2.24, 2.45) is 0 Å². The van der Waals surface area contributed by atoms with E-state index in [0.29, 0.717) is 12.1 Å². The quantitative estimate of drug-likeness (QED) is 0.625. The zero-order chi connectivity index (χ0) is 10.5. The predicted molar refractivity (Wildman–Crippen MR) is 61.3 cm³/mol. The molecule has 1 N–H and O–H groups in total. The van der Waals surface area contributed by atoms with Gasteiger partial charge in [-0.2, -0.15) is 0 Å². The van der Waals surface area contributed by atoms with Crippen molar-refractivity contribution in [2.45, 2.75) is 24.0 Å². The number of nitrogens with one attached hydrogen (secondary N) is 1. The number of ether oxygens (including phenoxy) is 1. The van der Waals surface area contributed by atoms with Gasteiger partial charge < -0.3 is 10.1 Å². The van der Waals surface area contributed by atoms with E-state index < -0.39 is 0 Å². The number of anilines is 1. The first-order valence-electron chi connectivity index (χ1n) is 5.13. The number of aromatic nitrogens is 2. The van der Waals surface area contributed by atoms with Gasteiger partial charge in [0.1, 0.15) is 5.03 Å². The van der Waals surface area contributed by atoms with Crippen LogP contribution in [0.5, 0.6) is 0 Å². The van der Waals surface area contributed by atoms with Gasteiger partial charge in [-0.05, 0) is 18.9 Å². The molecule has 82 valence electrons. The Morgan fingerprint density at radius 3 is 3.33 bits per heavy atom. The van der Waals surface area contributed by atoms with Crippen molar-refractivity contribution in [3.63, 3.8) is 0 Å². The lowest BCUT2D eigenvalue weighted by Crippen LogP contribution is -2.08. The average Bonchev–Trinajstić information content (AvgIpc) is 2.79. The summed E-state index contributed by atoms with van der Waals surface area (Å²) >= 11 is 1.73. The second-order valence-corrected chi connectivity index (χ2v) is 4.45. The van der Waals surface area contributed by atoms with Crippen LogP contribution >= 0.6 is 11.8 Å². The third kappa shape index (κ3) is 3.07. The van der Waals surface area contributed by atoms with E-state index in [0.717, 1.165) is 17.4 Å². The zero-order valence-corrected chi connectivity index (χ0v) is 9.59. The molecule has 1 aromatic rings. The Morgan fingerprint density at radius 2 is 2.60 bits per heavy atom. The molecule has 15 heavy (non-hydrogen) atoms. The molecule has 0 radical (unpaired) electrons. The molecule has 2 rings (SSSR count). The van der Waals surface area contributed by atoms with Crippen LogP contribution in [0.2, 0.25) is 0 Å². The minimum atomic E-state index is 0.406. The van der Waals surface area contributed by atoms with Crippen molar-refractivity contribution in [1.82, 2.24) is 9.97 Å². The van der Waals surface area contributed by atoms with Crippen molar-refractivity contribution >= 4 is 17.7 Å². The molecule has 1 unspecified atom stereocenters. The van der Waals surface area contributed by atoms with Gasteiger partial charge in [0.2, 0.25) is 5.95 Å². The third-order valence-electron chi connectivity index (χ3n) is 2.29. The molecule has 1 aromatic heterocycles. The lowest BCUT2D eigenvalue weighted by atomic mass is 10.3. The SMILES string of the molecule is CNc1nccc(SCC2CCCO2)n1. The van der Waals surface area contributed by atoms with E-state index in [2.05, 4.69) is 15.3 Å². The van der Waals surface area contributed by atoms with Gasteiger partial charge >= 0.3 is 0 Å². The summed E-state index contributed by atoms with van der Waals surface area (Å²) in [5.74, 6) is 1.66. The standard InChI is InChI=1S/C10H15N3OS/c1-11-10-12-5-4-9(13-10)15-7-8-3-2-6-14-8/h4-5,8H,2-3,6-7H2,1H3,(H,11,12,13). The maximum Gasteiger partial charge on any atom is 0.223 e. The molecule has 0 aromatic carbocycles. The fraction of sp³-hybridized carbons (Fsp3) is 0.600. The van der Waals surface area contributed by atoms with Gasteiger partial charge in [-0.3, -0.25) is 0 Å². The molecule has 0 aliphatic carbocycles. The molecule has 1 atom stereocenters. The third-order valence-corrected chi connectivity index (χ3v) is 3.36. The maximum absolute atomic E-state index is 5.55. The van der Waals surface area contributed by atoms with E-state index in [1.54, 1.807) is 18.0 Å². The van der Waals surface area contributed by atoms with Gasteiger partial charge in [-0.15, -0.1) is 11.8 Å². The van der Waals surface area contributed by atoms with E-state index in [1.807, 2.05) is 13.1 Å². The van der Waals surface area contributed by atoms with Gasteiger partial charge in [0.05, 0.1) is 6.10 Å². The van der Waals surface area contributed by atoms with Crippen LogP contribution in [0.3, 0.4) is 0 Å². The fourth-order valence-electron chi connectivity index (χ4n) is 1.50. The van der Waals surface area contributed by atoms with Crippen molar-refractivity contribution in [3.8, 4) is 0 Å². The second kappa shape index (κ2) is 5.32. The Kier molecular flexibility index (Phi) is 3.80. The summed E-state index contributed by atoms with van der Waals surface area (Å²) in [6, 6.07) is 1.93.